The molecule has 1 amide bonds. The molecule has 0 unspecified atom stereocenters. The molecule has 4 heteroatoms. The Balaban J connectivity index is 1.63. The number of nitrogens with one attached hydrogen (secondary N) is 1. The van der Waals surface area contributed by atoms with Gasteiger partial charge in [0.1, 0.15) is 0 Å². The lowest BCUT2D eigenvalue weighted by molar-refractivity contribution is 0.0956. The van der Waals surface area contributed by atoms with E-state index in [2.05, 4.69) is 22.4 Å². The molecule has 2 aromatic rings. The van der Waals surface area contributed by atoms with Crippen molar-refractivity contribution >= 4 is 17.7 Å². The van der Waals surface area contributed by atoms with E-state index in [0.717, 1.165) is 11.5 Å². The number of hydrogen-bond donors (Lipinski definition) is 1. The minimum absolute atomic E-state index is 0.0392. The molecule has 0 fully saturated rings. The van der Waals surface area contributed by atoms with Crippen LogP contribution in [0.5, 0.6) is 0 Å². The summed E-state index contributed by atoms with van der Waals surface area (Å²) >= 11 is 1.82. The van der Waals surface area contributed by atoms with Gasteiger partial charge in [-0.05, 0) is 17.7 Å². The van der Waals surface area contributed by atoms with Crippen molar-refractivity contribution in [3.8, 4) is 0 Å². The van der Waals surface area contributed by atoms with E-state index in [1.165, 1.54) is 5.56 Å². The van der Waals surface area contributed by atoms with Crippen molar-refractivity contribution < 1.29 is 4.79 Å². The lowest BCUT2D eigenvalue weighted by Crippen LogP contribution is -2.25. The second-order valence-electron chi connectivity index (χ2n) is 4.03. The van der Waals surface area contributed by atoms with E-state index in [-0.39, 0.29) is 5.91 Å². The Labute approximate surface area is 117 Å². The van der Waals surface area contributed by atoms with Crippen LogP contribution < -0.4 is 5.32 Å². The minimum atomic E-state index is -0.0392. The third-order valence-electron chi connectivity index (χ3n) is 2.59. The average molecular weight is 272 g/mol. The van der Waals surface area contributed by atoms with Gasteiger partial charge in [0.15, 0.2) is 0 Å². The number of thioether (sulfide) groups is 1. The third kappa shape index (κ3) is 4.75. The second kappa shape index (κ2) is 7.59. The molecule has 0 spiro atoms. The van der Waals surface area contributed by atoms with Gasteiger partial charge >= 0.3 is 0 Å². The van der Waals surface area contributed by atoms with Crippen LogP contribution >= 0.6 is 11.8 Å². The van der Waals surface area contributed by atoms with Crippen LogP contribution in [0.1, 0.15) is 15.9 Å². The molecule has 0 aliphatic heterocycles. The second-order valence-corrected chi connectivity index (χ2v) is 5.14. The molecule has 1 aromatic heterocycles. The summed E-state index contributed by atoms with van der Waals surface area (Å²) in [5, 5.41) is 2.90. The average Bonchev–Trinajstić information content (AvgIpc) is 2.49. The van der Waals surface area contributed by atoms with Crippen LogP contribution in [0.15, 0.2) is 54.9 Å². The maximum Gasteiger partial charge on any atom is 0.251 e. The number of carbonyl (C=O) groups is 1. The zero-order valence-corrected chi connectivity index (χ0v) is 11.4. The van der Waals surface area contributed by atoms with Crippen LogP contribution in [0.2, 0.25) is 0 Å². The maximum absolute atomic E-state index is 11.7. The molecule has 1 aromatic carbocycles. The number of pyridine rings is 1. The van der Waals surface area contributed by atoms with Crippen molar-refractivity contribution in [1.82, 2.24) is 10.3 Å². The number of hydrogen-bond acceptors (Lipinski definition) is 3. The Morgan fingerprint density at radius 2 is 1.84 bits per heavy atom. The Kier molecular flexibility index (Phi) is 5.44. The summed E-state index contributed by atoms with van der Waals surface area (Å²) in [6.45, 7) is 0.679. The van der Waals surface area contributed by atoms with Crippen molar-refractivity contribution in [3.63, 3.8) is 0 Å². The molecule has 0 saturated heterocycles. The van der Waals surface area contributed by atoms with Crippen molar-refractivity contribution in [2.24, 2.45) is 0 Å². The van der Waals surface area contributed by atoms with E-state index in [4.69, 9.17) is 0 Å². The van der Waals surface area contributed by atoms with Crippen LogP contribution in [-0.2, 0) is 5.75 Å². The molecule has 1 N–H and O–H groups in total. The van der Waals surface area contributed by atoms with Crippen molar-refractivity contribution in [3.05, 3.63) is 66.0 Å². The van der Waals surface area contributed by atoms with E-state index < -0.39 is 0 Å². The van der Waals surface area contributed by atoms with E-state index in [9.17, 15) is 4.79 Å². The topological polar surface area (TPSA) is 42.0 Å². The van der Waals surface area contributed by atoms with Crippen molar-refractivity contribution in [2.45, 2.75) is 5.75 Å². The lowest BCUT2D eigenvalue weighted by Gasteiger charge is -2.05. The molecule has 19 heavy (non-hydrogen) atoms. The van der Waals surface area contributed by atoms with Crippen molar-refractivity contribution in [1.29, 1.82) is 0 Å². The van der Waals surface area contributed by atoms with Gasteiger partial charge in [-0.3, -0.25) is 9.78 Å². The van der Waals surface area contributed by atoms with Gasteiger partial charge in [0, 0.05) is 36.0 Å². The predicted octanol–water partition coefficient (Wildman–Crippen LogP) is 2.74. The zero-order chi connectivity index (χ0) is 13.3. The number of nitrogens with zero attached hydrogens (tertiary/aromatic N) is 1. The quantitative estimate of drug-likeness (QED) is 0.822. The highest BCUT2D eigenvalue weighted by Gasteiger charge is 2.02. The molecule has 0 bridgehead atoms. The maximum atomic E-state index is 11.7. The fourth-order valence-electron chi connectivity index (χ4n) is 1.61. The first-order valence-electron chi connectivity index (χ1n) is 6.16. The highest BCUT2D eigenvalue weighted by Crippen LogP contribution is 2.10. The normalized spacial score (nSPS) is 10.1. The van der Waals surface area contributed by atoms with Gasteiger partial charge in [-0.2, -0.15) is 11.8 Å². The summed E-state index contributed by atoms with van der Waals surface area (Å²) in [7, 11) is 0. The monoisotopic (exact) mass is 272 g/mol. The summed E-state index contributed by atoms with van der Waals surface area (Å²) < 4.78 is 0. The third-order valence-corrected chi connectivity index (χ3v) is 3.62. The van der Waals surface area contributed by atoms with Crippen LogP contribution in [0, 0.1) is 0 Å². The number of amides is 1. The summed E-state index contributed by atoms with van der Waals surface area (Å²) in [6.07, 6.45) is 3.25. The molecule has 0 saturated carbocycles. The molecule has 3 nitrogen and oxygen atoms in total. The van der Waals surface area contributed by atoms with Gasteiger partial charge in [-0.15, -0.1) is 0 Å². The first kappa shape index (κ1) is 13.6. The van der Waals surface area contributed by atoms with Gasteiger partial charge in [0.25, 0.3) is 5.91 Å². The molecular weight excluding hydrogens is 256 g/mol. The van der Waals surface area contributed by atoms with E-state index >= 15 is 0 Å². The summed E-state index contributed by atoms with van der Waals surface area (Å²) in [4.78, 5) is 15.6. The summed E-state index contributed by atoms with van der Waals surface area (Å²) in [5.74, 6) is 1.85. The molecule has 2 rings (SSSR count). The summed E-state index contributed by atoms with van der Waals surface area (Å²) in [5.41, 5.74) is 1.97. The minimum Gasteiger partial charge on any atom is -0.351 e. The van der Waals surface area contributed by atoms with Gasteiger partial charge in [-0.25, -0.2) is 0 Å². The molecule has 0 aliphatic rings. The van der Waals surface area contributed by atoms with Gasteiger partial charge in [0.05, 0.1) is 0 Å². The van der Waals surface area contributed by atoms with E-state index in [1.807, 2.05) is 30.0 Å². The van der Waals surface area contributed by atoms with Gasteiger partial charge < -0.3 is 5.32 Å². The molecule has 1 heterocycles. The first-order valence-corrected chi connectivity index (χ1v) is 7.31. The smallest absolute Gasteiger partial charge is 0.251 e. The number of carbonyl (C=O) groups excluding carboxylic acids is 1. The van der Waals surface area contributed by atoms with Gasteiger partial charge in [-0.1, -0.05) is 30.3 Å². The number of rotatable bonds is 6. The fraction of sp³-hybridized carbons (Fsp3) is 0.200. The SMILES string of the molecule is O=C(NCCSCc1ccccc1)c1ccncc1. The Hall–Kier alpha value is -1.81. The highest BCUT2D eigenvalue weighted by atomic mass is 32.2. The van der Waals surface area contributed by atoms with E-state index in [1.54, 1.807) is 24.5 Å². The van der Waals surface area contributed by atoms with Crippen LogP contribution in [-0.4, -0.2) is 23.2 Å². The van der Waals surface area contributed by atoms with Crippen molar-refractivity contribution in [2.75, 3.05) is 12.3 Å². The highest BCUT2D eigenvalue weighted by molar-refractivity contribution is 7.98. The molecule has 0 aliphatic carbocycles. The van der Waals surface area contributed by atoms with Crippen LogP contribution in [0.3, 0.4) is 0 Å². The standard InChI is InChI=1S/C15H16N2OS/c18-15(14-6-8-16-9-7-14)17-10-11-19-12-13-4-2-1-3-5-13/h1-9H,10-12H2,(H,17,18). The zero-order valence-electron chi connectivity index (χ0n) is 10.6. The molecule has 98 valence electrons. The number of benzene rings is 1. The Morgan fingerprint density at radius 3 is 2.58 bits per heavy atom. The molecular formula is C15H16N2OS. The number of aromatic nitrogens is 1. The Bertz CT molecular complexity index is 502. The fourth-order valence-corrected chi connectivity index (χ4v) is 2.43. The molecule has 0 atom stereocenters. The van der Waals surface area contributed by atoms with Crippen LogP contribution in [0.25, 0.3) is 0 Å². The summed E-state index contributed by atoms with van der Waals surface area (Å²) in [6, 6.07) is 13.8. The predicted molar refractivity (Wildman–Crippen MR) is 79.2 cm³/mol. The Morgan fingerprint density at radius 1 is 1.11 bits per heavy atom. The first-order chi connectivity index (χ1) is 9.36. The largest absolute Gasteiger partial charge is 0.351 e. The lowest BCUT2D eigenvalue weighted by atomic mass is 10.2. The molecule has 0 radical (unpaired) electrons. The van der Waals surface area contributed by atoms with E-state index in [0.29, 0.717) is 12.1 Å². The van der Waals surface area contributed by atoms with Gasteiger partial charge in [0.2, 0.25) is 0 Å². The van der Waals surface area contributed by atoms with Crippen LogP contribution in [0.4, 0.5) is 0 Å².